The van der Waals surface area contributed by atoms with E-state index in [4.69, 9.17) is 9.47 Å². The molecule has 0 N–H and O–H groups in total. The minimum Gasteiger partial charge on any atom is -0.426 e. The Morgan fingerprint density at radius 3 is 3.06 bits per heavy atom. The zero-order chi connectivity index (χ0) is 10.8. The molecule has 3 atom stereocenters. The molecule has 3 heteroatoms. The third-order valence-corrected chi connectivity index (χ3v) is 4.25. The van der Waals surface area contributed by atoms with Crippen LogP contribution in [-0.2, 0) is 15.1 Å². The van der Waals surface area contributed by atoms with Crippen LogP contribution >= 0.6 is 0 Å². The summed E-state index contributed by atoms with van der Waals surface area (Å²) in [5.74, 6) is 1.01. The van der Waals surface area contributed by atoms with Gasteiger partial charge < -0.3 is 9.47 Å². The number of para-hydroxylation sites is 1. The molecule has 0 amide bonds. The highest BCUT2D eigenvalue weighted by atomic mass is 16.6. The van der Waals surface area contributed by atoms with Gasteiger partial charge in [0.1, 0.15) is 11.4 Å². The highest BCUT2D eigenvalue weighted by molar-refractivity contribution is 5.82. The molecule has 0 unspecified atom stereocenters. The molecule has 1 aromatic carbocycles. The van der Waals surface area contributed by atoms with Crippen LogP contribution in [0.3, 0.4) is 0 Å². The average Bonchev–Trinajstić information content (AvgIpc) is 2.57. The highest BCUT2D eigenvalue weighted by Gasteiger charge is 2.66. The van der Waals surface area contributed by atoms with Gasteiger partial charge in [0.05, 0.1) is 5.92 Å². The molecule has 1 spiro atoms. The van der Waals surface area contributed by atoms with Gasteiger partial charge in [-0.2, -0.15) is 0 Å². The molecule has 1 saturated carbocycles. The lowest BCUT2D eigenvalue weighted by Gasteiger charge is -2.52. The topological polar surface area (TPSA) is 35.5 Å². The molecule has 82 valence electrons. The third kappa shape index (κ3) is 0.789. The lowest BCUT2D eigenvalue weighted by Crippen LogP contribution is -2.57. The first-order valence-electron chi connectivity index (χ1n) is 5.77. The van der Waals surface area contributed by atoms with Crippen LogP contribution in [0.4, 0.5) is 0 Å². The zero-order valence-electron chi connectivity index (χ0n) is 8.81. The molecular weight excluding hydrogens is 204 g/mol. The van der Waals surface area contributed by atoms with Crippen LogP contribution in [0, 0.1) is 11.8 Å². The third-order valence-electron chi connectivity index (χ3n) is 4.25. The second-order valence-corrected chi connectivity index (χ2v) is 4.83. The molecule has 2 aliphatic heterocycles. The van der Waals surface area contributed by atoms with Crippen molar-refractivity contribution in [2.24, 2.45) is 11.8 Å². The first-order chi connectivity index (χ1) is 7.82. The van der Waals surface area contributed by atoms with E-state index in [1.54, 1.807) is 0 Å². The average molecular weight is 216 g/mol. The number of ether oxygens (including phenoxy) is 2. The summed E-state index contributed by atoms with van der Waals surface area (Å²) in [7, 11) is 0. The summed E-state index contributed by atoms with van der Waals surface area (Å²) in [4.78, 5) is 11.9. The van der Waals surface area contributed by atoms with E-state index in [9.17, 15) is 4.79 Å². The molecule has 3 aliphatic rings. The van der Waals surface area contributed by atoms with Crippen molar-refractivity contribution in [3.63, 3.8) is 0 Å². The van der Waals surface area contributed by atoms with Gasteiger partial charge in [-0.05, 0) is 24.8 Å². The summed E-state index contributed by atoms with van der Waals surface area (Å²) in [6.07, 6.45) is 1.99. The van der Waals surface area contributed by atoms with E-state index in [1.165, 1.54) is 0 Å². The van der Waals surface area contributed by atoms with Crippen molar-refractivity contribution in [1.29, 1.82) is 0 Å². The van der Waals surface area contributed by atoms with Crippen LogP contribution in [0.1, 0.15) is 18.4 Å². The van der Waals surface area contributed by atoms with Gasteiger partial charge in [-0.15, -0.1) is 0 Å². The fourth-order valence-electron chi connectivity index (χ4n) is 3.49. The predicted molar refractivity (Wildman–Crippen MR) is 55.9 cm³/mol. The van der Waals surface area contributed by atoms with Crippen LogP contribution in [0.5, 0.6) is 5.75 Å². The van der Waals surface area contributed by atoms with Gasteiger partial charge in [-0.3, -0.25) is 4.79 Å². The van der Waals surface area contributed by atoms with Gasteiger partial charge in [-0.1, -0.05) is 18.2 Å². The van der Waals surface area contributed by atoms with Crippen molar-refractivity contribution < 1.29 is 14.3 Å². The highest BCUT2D eigenvalue weighted by Crippen LogP contribution is 2.62. The van der Waals surface area contributed by atoms with Crippen LogP contribution in [-0.4, -0.2) is 12.6 Å². The van der Waals surface area contributed by atoms with E-state index < -0.39 is 0 Å². The van der Waals surface area contributed by atoms with Gasteiger partial charge in [0, 0.05) is 12.2 Å². The molecule has 0 radical (unpaired) electrons. The van der Waals surface area contributed by atoms with E-state index in [0.29, 0.717) is 11.7 Å². The second kappa shape index (κ2) is 2.66. The molecule has 3 nitrogen and oxygen atoms in total. The first kappa shape index (κ1) is 8.76. The number of rotatable bonds is 0. The molecule has 4 rings (SSSR count). The van der Waals surface area contributed by atoms with Crippen molar-refractivity contribution in [2.45, 2.75) is 18.4 Å². The van der Waals surface area contributed by atoms with Crippen LogP contribution in [0.25, 0.3) is 0 Å². The van der Waals surface area contributed by atoms with E-state index in [-0.39, 0.29) is 17.5 Å². The summed E-state index contributed by atoms with van der Waals surface area (Å²) >= 11 is 0. The Morgan fingerprint density at radius 1 is 1.31 bits per heavy atom. The van der Waals surface area contributed by atoms with Crippen LogP contribution < -0.4 is 4.74 Å². The number of benzene rings is 1. The number of esters is 1. The molecule has 2 fully saturated rings. The molecule has 1 saturated heterocycles. The van der Waals surface area contributed by atoms with Crippen molar-refractivity contribution in [3.8, 4) is 5.75 Å². The number of hydrogen-bond donors (Lipinski definition) is 0. The largest absolute Gasteiger partial charge is 0.426 e. The fourth-order valence-corrected chi connectivity index (χ4v) is 3.49. The summed E-state index contributed by atoms with van der Waals surface area (Å²) in [5, 5.41) is 0. The summed E-state index contributed by atoms with van der Waals surface area (Å²) in [6.45, 7) is 0.767. The van der Waals surface area contributed by atoms with Gasteiger partial charge in [-0.25, -0.2) is 0 Å². The fraction of sp³-hybridized carbons (Fsp3) is 0.462. The van der Waals surface area contributed by atoms with E-state index in [0.717, 1.165) is 25.0 Å². The smallest absolute Gasteiger partial charge is 0.317 e. The maximum Gasteiger partial charge on any atom is 0.317 e. The minimum absolute atomic E-state index is 0.0742. The molecule has 1 aliphatic carbocycles. The zero-order valence-corrected chi connectivity index (χ0v) is 8.81. The quantitative estimate of drug-likeness (QED) is 0.490. The molecule has 1 aromatic rings. The second-order valence-electron chi connectivity index (χ2n) is 4.83. The number of carbonyl (C=O) groups excluding carboxylic acids is 1. The van der Waals surface area contributed by atoms with Crippen molar-refractivity contribution in [1.82, 2.24) is 0 Å². The summed E-state index contributed by atoms with van der Waals surface area (Å²) < 4.78 is 11.3. The Balaban J connectivity index is 1.95. The number of fused-ring (bicyclic) bond motifs is 1. The van der Waals surface area contributed by atoms with E-state index >= 15 is 0 Å². The maximum atomic E-state index is 11.9. The van der Waals surface area contributed by atoms with E-state index in [1.807, 2.05) is 24.3 Å². The normalized spacial score (nSPS) is 39.1. The standard InChI is InChI=1S/C13H12O3/c14-12-10-7-8-5-6-15-13(8,10)9-3-1-2-4-11(9)16-12/h1-4,8,10H,5-7H2/t8-,10+,13+/m0/s1. The lowest BCUT2D eigenvalue weighted by atomic mass is 9.57. The lowest BCUT2D eigenvalue weighted by molar-refractivity contribution is -0.187. The van der Waals surface area contributed by atoms with Gasteiger partial charge in [0.25, 0.3) is 0 Å². The minimum atomic E-state index is -0.341. The molecule has 0 bridgehead atoms. The Bertz CT molecular complexity index is 482. The van der Waals surface area contributed by atoms with Crippen molar-refractivity contribution >= 4 is 5.97 Å². The van der Waals surface area contributed by atoms with Crippen molar-refractivity contribution in [2.75, 3.05) is 6.61 Å². The molecule has 16 heavy (non-hydrogen) atoms. The Kier molecular flexibility index (Phi) is 1.46. The number of hydrogen-bond acceptors (Lipinski definition) is 3. The molecular formula is C13H12O3. The first-order valence-corrected chi connectivity index (χ1v) is 5.77. The van der Waals surface area contributed by atoms with E-state index in [2.05, 4.69) is 0 Å². The Morgan fingerprint density at radius 2 is 2.19 bits per heavy atom. The maximum absolute atomic E-state index is 11.9. The van der Waals surface area contributed by atoms with Crippen molar-refractivity contribution in [3.05, 3.63) is 29.8 Å². The van der Waals surface area contributed by atoms with Gasteiger partial charge >= 0.3 is 5.97 Å². The van der Waals surface area contributed by atoms with Gasteiger partial charge in [0.15, 0.2) is 0 Å². The Hall–Kier alpha value is -1.35. The Labute approximate surface area is 93.4 Å². The predicted octanol–water partition coefficient (Wildman–Crippen LogP) is 1.86. The molecule has 0 aromatic heterocycles. The van der Waals surface area contributed by atoms with Crippen LogP contribution in [0.2, 0.25) is 0 Å². The van der Waals surface area contributed by atoms with Crippen LogP contribution in [0.15, 0.2) is 24.3 Å². The summed E-state index contributed by atoms with van der Waals surface area (Å²) in [5.41, 5.74) is 0.736. The summed E-state index contributed by atoms with van der Waals surface area (Å²) in [6, 6.07) is 7.77. The van der Waals surface area contributed by atoms with Gasteiger partial charge in [0.2, 0.25) is 0 Å². The molecule has 2 heterocycles. The monoisotopic (exact) mass is 216 g/mol. The number of carbonyl (C=O) groups is 1. The SMILES string of the molecule is O=C1Oc2ccccc2[C@]23OCC[C@H]2C[C@H]13.